The highest BCUT2D eigenvalue weighted by Crippen LogP contribution is 2.41. The molecule has 0 N–H and O–H groups in total. The molecule has 1 heterocycles. The Labute approximate surface area is 104 Å². The summed E-state index contributed by atoms with van der Waals surface area (Å²) in [5.74, 6) is 2.67. The normalized spacial score (nSPS) is 38.7. The third-order valence-corrected chi connectivity index (χ3v) is 4.42. The van der Waals surface area contributed by atoms with Crippen LogP contribution < -0.4 is 0 Å². The van der Waals surface area contributed by atoms with E-state index in [-0.39, 0.29) is 6.10 Å². The fourth-order valence-electron chi connectivity index (χ4n) is 3.48. The van der Waals surface area contributed by atoms with Crippen molar-refractivity contribution >= 4 is 6.16 Å². The summed E-state index contributed by atoms with van der Waals surface area (Å²) in [5.41, 5.74) is 0. The van der Waals surface area contributed by atoms with Crippen LogP contribution in [0.4, 0.5) is 4.79 Å². The number of carbonyl (C=O) groups excluding carboxylic acids is 1. The predicted octanol–water partition coefficient (Wildman–Crippen LogP) is 3.62. The quantitative estimate of drug-likeness (QED) is 0.691. The van der Waals surface area contributed by atoms with Crippen molar-refractivity contribution in [3.05, 3.63) is 0 Å². The molecule has 2 rings (SSSR count). The van der Waals surface area contributed by atoms with E-state index in [4.69, 9.17) is 9.47 Å². The van der Waals surface area contributed by atoms with Crippen molar-refractivity contribution in [3.63, 3.8) is 0 Å². The topological polar surface area (TPSA) is 35.5 Å². The van der Waals surface area contributed by atoms with Crippen LogP contribution in [-0.4, -0.2) is 18.9 Å². The molecule has 3 heteroatoms. The maximum atomic E-state index is 11.2. The SMILES string of the molecule is CC1CCC(C(C)C)C(C2CCOC(=O)O2)C1. The molecule has 17 heavy (non-hydrogen) atoms. The summed E-state index contributed by atoms with van der Waals surface area (Å²) in [4.78, 5) is 11.2. The molecule has 0 aromatic rings. The van der Waals surface area contributed by atoms with Gasteiger partial charge in [-0.3, -0.25) is 0 Å². The Morgan fingerprint density at radius 3 is 2.65 bits per heavy atom. The van der Waals surface area contributed by atoms with Gasteiger partial charge in [-0.2, -0.15) is 0 Å². The molecule has 0 radical (unpaired) electrons. The number of hydrogen-bond donors (Lipinski definition) is 0. The molecule has 1 aliphatic heterocycles. The first-order chi connectivity index (χ1) is 8.08. The van der Waals surface area contributed by atoms with E-state index in [1.54, 1.807) is 0 Å². The molecule has 1 saturated carbocycles. The van der Waals surface area contributed by atoms with Gasteiger partial charge in [0.15, 0.2) is 0 Å². The van der Waals surface area contributed by atoms with Crippen molar-refractivity contribution in [1.82, 2.24) is 0 Å². The van der Waals surface area contributed by atoms with Crippen LogP contribution in [0.5, 0.6) is 0 Å². The molecule has 0 amide bonds. The first-order valence-electron chi connectivity index (χ1n) is 6.91. The molecule has 1 aliphatic carbocycles. The van der Waals surface area contributed by atoms with Gasteiger partial charge in [-0.05, 0) is 36.5 Å². The third kappa shape index (κ3) is 2.93. The average Bonchev–Trinajstić information content (AvgIpc) is 2.28. The van der Waals surface area contributed by atoms with Gasteiger partial charge in [0.1, 0.15) is 6.10 Å². The van der Waals surface area contributed by atoms with E-state index in [0.717, 1.165) is 12.3 Å². The smallest absolute Gasteiger partial charge is 0.434 e. The van der Waals surface area contributed by atoms with Crippen molar-refractivity contribution in [2.24, 2.45) is 23.7 Å². The lowest BCUT2D eigenvalue weighted by Crippen LogP contribution is -2.41. The lowest BCUT2D eigenvalue weighted by molar-refractivity contribution is -0.0717. The molecule has 4 unspecified atom stereocenters. The Morgan fingerprint density at radius 2 is 2.00 bits per heavy atom. The molecule has 2 aliphatic rings. The summed E-state index contributed by atoms with van der Waals surface area (Å²) in [6.45, 7) is 7.41. The highest BCUT2D eigenvalue weighted by atomic mass is 16.7. The second-order valence-electron chi connectivity index (χ2n) is 6.03. The van der Waals surface area contributed by atoms with Crippen molar-refractivity contribution in [2.75, 3.05) is 6.61 Å². The van der Waals surface area contributed by atoms with Crippen molar-refractivity contribution in [1.29, 1.82) is 0 Å². The molecule has 0 aromatic carbocycles. The van der Waals surface area contributed by atoms with Crippen molar-refractivity contribution in [2.45, 2.75) is 52.6 Å². The van der Waals surface area contributed by atoms with E-state index in [2.05, 4.69) is 20.8 Å². The molecule has 4 atom stereocenters. The highest BCUT2D eigenvalue weighted by molar-refractivity contribution is 5.60. The maximum absolute atomic E-state index is 11.2. The van der Waals surface area contributed by atoms with Crippen LogP contribution in [0.2, 0.25) is 0 Å². The summed E-state index contributed by atoms with van der Waals surface area (Å²) < 4.78 is 10.3. The van der Waals surface area contributed by atoms with Gasteiger partial charge in [-0.15, -0.1) is 0 Å². The largest absolute Gasteiger partial charge is 0.508 e. The van der Waals surface area contributed by atoms with E-state index < -0.39 is 6.16 Å². The zero-order valence-electron chi connectivity index (χ0n) is 11.1. The standard InChI is InChI=1S/C14H24O3/c1-9(2)11-5-4-10(3)8-12(11)13-6-7-16-14(15)17-13/h9-13H,4-8H2,1-3H3. The van der Waals surface area contributed by atoms with Gasteiger partial charge in [0, 0.05) is 6.42 Å². The van der Waals surface area contributed by atoms with Crippen LogP contribution in [0.25, 0.3) is 0 Å². The van der Waals surface area contributed by atoms with E-state index >= 15 is 0 Å². The van der Waals surface area contributed by atoms with Crippen LogP contribution >= 0.6 is 0 Å². The summed E-state index contributed by atoms with van der Waals surface area (Å²) in [6, 6.07) is 0. The number of cyclic esters (lactones) is 2. The van der Waals surface area contributed by atoms with E-state index in [9.17, 15) is 4.79 Å². The number of hydrogen-bond acceptors (Lipinski definition) is 3. The molecule has 2 fully saturated rings. The van der Waals surface area contributed by atoms with Gasteiger partial charge in [0.2, 0.25) is 0 Å². The van der Waals surface area contributed by atoms with Gasteiger partial charge >= 0.3 is 6.16 Å². The van der Waals surface area contributed by atoms with E-state index in [1.165, 1.54) is 19.3 Å². The minimum absolute atomic E-state index is 0.0893. The minimum Gasteiger partial charge on any atom is -0.434 e. The van der Waals surface area contributed by atoms with Gasteiger partial charge in [0.05, 0.1) is 6.61 Å². The van der Waals surface area contributed by atoms with Crippen LogP contribution in [-0.2, 0) is 9.47 Å². The van der Waals surface area contributed by atoms with Crippen LogP contribution in [0.15, 0.2) is 0 Å². The Hall–Kier alpha value is -0.730. The Balaban J connectivity index is 2.05. The molecule has 1 saturated heterocycles. The summed E-state index contributed by atoms with van der Waals surface area (Å²) in [6.07, 6.45) is 4.27. The highest BCUT2D eigenvalue weighted by Gasteiger charge is 2.39. The third-order valence-electron chi connectivity index (χ3n) is 4.42. The lowest BCUT2D eigenvalue weighted by Gasteiger charge is -2.42. The first kappa shape index (κ1) is 12.7. The molecule has 0 spiro atoms. The molecule has 3 nitrogen and oxygen atoms in total. The maximum Gasteiger partial charge on any atom is 0.508 e. The van der Waals surface area contributed by atoms with Crippen LogP contribution in [0.3, 0.4) is 0 Å². The van der Waals surface area contributed by atoms with E-state index in [0.29, 0.717) is 24.4 Å². The Morgan fingerprint density at radius 1 is 1.24 bits per heavy atom. The average molecular weight is 240 g/mol. The second-order valence-corrected chi connectivity index (χ2v) is 6.03. The zero-order chi connectivity index (χ0) is 12.4. The van der Waals surface area contributed by atoms with Gasteiger partial charge in [-0.25, -0.2) is 4.79 Å². The van der Waals surface area contributed by atoms with Gasteiger partial charge in [-0.1, -0.05) is 27.2 Å². The Kier molecular flexibility index (Phi) is 3.95. The van der Waals surface area contributed by atoms with Crippen LogP contribution in [0.1, 0.15) is 46.5 Å². The summed E-state index contributed by atoms with van der Waals surface area (Å²) in [7, 11) is 0. The minimum atomic E-state index is -0.470. The second kappa shape index (κ2) is 5.28. The predicted molar refractivity (Wildman–Crippen MR) is 65.7 cm³/mol. The first-order valence-corrected chi connectivity index (χ1v) is 6.91. The fourth-order valence-corrected chi connectivity index (χ4v) is 3.48. The van der Waals surface area contributed by atoms with Gasteiger partial charge in [0.25, 0.3) is 0 Å². The summed E-state index contributed by atoms with van der Waals surface area (Å²) in [5, 5.41) is 0. The number of ether oxygens (including phenoxy) is 2. The monoisotopic (exact) mass is 240 g/mol. The molecule has 0 aromatic heterocycles. The molecule has 98 valence electrons. The van der Waals surface area contributed by atoms with Crippen molar-refractivity contribution < 1.29 is 14.3 Å². The molecule has 0 bridgehead atoms. The molecular weight excluding hydrogens is 216 g/mol. The number of carbonyl (C=O) groups is 1. The fraction of sp³-hybridized carbons (Fsp3) is 0.929. The van der Waals surface area contributed by atoms with Crippen LogP contribution in [0, 0.1) is 23.7 Å². The van der Waals surface area contributed by atoms with Gasteiger partial charge < -0.3 is 9.47 Å². The lowest BCUT2D eigenvalue weighted by atomic mass is 9.67. The van der Waals surface area contributed by atoms with Crippen molar-refractivity contribution in [3.8, 4) is 0 Å². The summed E-state index contributed by atoms with van der Waals surface area (Å²) >= 11 is 0. The zero-order valence-corrected chi connectivity index (χ0v) is 11.1. The van der Waals surface area contributed by atoms with E-state index in [1.807, 2.05) is 0 Å². The molecular formula is C14H24O3. The Bertz CT molecular complexity index is 275. The number of rotatable bonds is 2.